The first kappa shape index (κ1) is 19.5. The van der Waals surface area contributed by atoms with Crippen LogP contribution in [0.15, 0.2) is 88.9 Å². The fourth-order valence-electron chi connectivity index (χ4n) is 4.28. The zero-order chi connectivity index (χ0) is 21.7. The van der Waals surface area contributed by atoms with Crippen molar-refractivity contribution in [2.24, 2.45) is 5.10 Å². The van der Waals surface area contributed by atoms with Gasteiger partial charge in [-0.15, -0.1) is 0 Å². The molecule has 1 fully saturated rings. The summed E-state index contributed by atoms with van der Waals surface area (Å²) in [6.07, 6.45) is 2.53. The van der Waals surface area contributed by atoms with Gasteiger partial charge in [0.05, 0.1) is 16.7 Å². The average Bonchev–Trinajstić information content (AvgIpc) is 3.39. The van der Waals surface area contributed by atoms with Gasteiger partial charge in [0.15, 0.2) is 0 Å². The van der Waals surface area contributed by atoms with Crippen molar-refractivity contribution in [1.82, 2.24) is 10.3 Å². The Balaban J connectivity index is 1.44. The monoisotopic (exact) mass is 459 g/mol. The minimum Gasteiger partial charge on any atom is -0.439 e. The van der Waals surface area contributed by atoms with Crippen molar-refractivity contribution in [3.8, 4) is 5.75 Å². The molecular formula is C25H18ClN3O2S. The second kappa shape index (κ2) is 7.43. The number of halogens is 1. The Morgan fingerprint density at radius 1 is 1.06 bits per heavy atom. The Morgan fingerprint density at radius 2 is 1.81 bits per heavy atom. The van der Waals surface area contributed by atoms with Crippen LogP contribution in [0.1, 0.15) is 29.2 Å². The van der Waals surface area contributed by atoms with E-state index in [0.29, 0.717) is 9.93 Å². The van der Waals surface area contributed by atoms with E-state index in [9.17, 15) is 4.79 Å². The molecule has 158 valence electrons. The molecule has 7 heteroatoms. The van der Waals surface area contributed by atoms with E-state index in [2.05, 4.69) is 23.5 Å². The van der Waals surface area contributed by atoms with Gasteiger partial charge in [-0.1, -0.05) is 78.3 Å². The normalized spacial score (nSPS) is 24.7. The molecule has 2 atom stereocenters. The van der Waals surface area contributed by atoms with Crippen molar-refractivity contribution in [3.63, 3.8) is 0 Å². The maximum atomic E-state index is 13.0. The second-order valence-electron chi connectivity index (χ2n) is 7.79. The lowest BCUT2D eigenvalue weighted by Crippen LogP contribution is -2.58. The number of hydrogen-bond acceptors (Lipinski definition) is 5. The fraction of sp³-hybridized carbons (Fsp3) is 0.120. The number of rotatable bonds is 2. The molecule has 6 rings (SSSR count). The number of carbonyl (C=O) groups excluding carboxylic acids is 1. The van der Waals surface area contributed by atoms with E-state index in [0.717, 1.165) is 34.6 Å². The maximum Gasteiger partial charge on any atom is 0.336 e. The topological polar surface area (TPSA) is 53.9 Å². The Labute approximate surface area is 194 Å². The summed E-state index contributed by atoms with van der Waals surface area (Å²) in [4.78, 5) is 13.5. The van der Waals surface area contributed by atoms with Gasteiger partial charge in [-0.05, 0) is 41.1 Å². The van der Waals surface area contributed by atoms with Crippen molar-refractivity contribution >= 4 is 41.1 Å². The number of hydrogen-bond donors (Lipinski definition) is 1. The summed E-state index contributed by atoms with van der Waals surface area (Å²) in [6, 6.07) is 25.5. The summed E-state index contributed by atoms with van der Waals surface area (Å²) in [5.41, 5.74) is 3.88. The molecule has 1 spiro atoms. The van der Waals surface area contributed by atoms with E-state index in [-0.39, 0.29) is 11.9 Å². The molecule has 3 heterocycles. The average molecular weight is 460 g/mol. The van der Waals surface area contributed by atoms with E-state index in [4.69, 9.17) is 21.4 Å². The molecule has 0 aliphatic carbocycles. The van der Waals surface area contributed by atoms with Crippen molar-refractivity contribution in [3.05, 3.63) is 105 Å². The molecule has 0 unspecified atom stereocenters. The van der Waals surface area contributed by atoms with Crippen LogP contribution in [0.5, 0.6) is 5.75 Å². The number of nitrogens with zero attached hydrogens (tertiary/aromatic N) is 2. The highest BCUT2D eigenvalue weighted by atomic mass is 35.5. The molecule has 32 heavy (non-hydrogen) atoms. The quantitative estimate of drug-likeness (QED) is 0.521. The van der Waals surface area contributed by atoms with Crippen molar-refractivity contribution in [1.29, 1.82) is 0 Å². The van der Waals surface area contributed by atoms with Crippen LogP contribution < -0.4 is 10.1 Å². The molecule has 1 N–H and O–H groups in total. The third-order valence-electron chi connectivity index (χ3n) is 5.78. The first-order valence-corrected chi connectivity index (χ1v) is 11.5. The van der Waals surface area contributed by atoms with Gasteiger partial charge >= 0.3 is 5.18 Å². The number of amides is 1. The van der Waals surface area contributed by atoms with Crippen LogP contribution in [0, 0.1) is 0 Å². The molecule has 3 aromatic rings. The van der Waals surface area contributed by atoms with Gasteiger partial charge in [0.25, 0.3) is 5.91 Å². The number of fused-ring (bicyclic) bond motifs is 4. The summed E-state index contributed by atoms with van der Waals surface area (Å²) in [5, 5.41) is 9.33. The molecule has 3 aliphatic heterocycles. The lowest BCUT2D eigenvalue weighted by Gasteiger charge is -2.43. The lowest BCUT2D eigenvalue weighted by atomic mass is 9.97. The lowest BCUT2D eigenvalue weighted by molar-refractivity contribution is -0.127. The number of benzene rings is 3. The number of ether oxygens (including phenoxy) is 1. The van der Waals surface area contributed by atoms with E-state index in [1.165, 1.54) is 11.8 Å². The molecule has 0 radical (unpaired) electrons. The summed E-state index contributed by atoms with van der Waals surface area (Å²) in [5.74, 6) is 0.543. The Hall–Kier alpha value is -3.22. The minimum atomic E-state index is -1.15. The molecule has 5 nitrogen and oxygen atoms in total. The second-order valence-corrected chi connectivity index (χ2v) is 9.39. The van der Waals surface area contributed by atoms with Crippen molar-refractivity contribution in [2.75, 3.05) is 0 Å². The van der Waals surface area contributed by atoms with Gasteiger partial charge < -0.3 is 4.74 Å². The van der Waals surface area contributed by atoms with E-state index in [1.807, 2.05) is 65.7 Å². The standard InChI is InChI=1S/C25H18ClN3O2S/c26-19-12-6-4-10-17(19)14-23-24(30)27-25(32-23)29-21(18-11-5-7-13-22(18)31-25)15-20(28-29)16-8-2-1-3-9-16/h1-14,21H,15H2,(H,27,30)/b23-14-/t21-,25+/m0/s1. The fourth-order valence-corrected chi connectivity index (χ4v) is 5.63. The van der Waals surface area contributed by atoms with E-state index < -0.39 is 5.18 Å². The van der Waals surface area contributed by atoms with Crippen LogP contribution in [0.2, 0.25) is 5.02 Å². The van der Waals surface area contributed by atoms with Crippen LogP contribution >= 0.6 is 23.4 Å². The largest absolute Gasteiger partial charge is 0.439 e. The first-order chi connectivity index (χ1) is 15.6. The Kier molecular flexibility index (Phi) is 4.52. The van der Waals surface area contributed by atoms with Crippen LogP contribution in [0.25, 0.3) is 6.08 Å². The number of carbonyl (C=O) groups is 1. The number of nitrogens with one attached hydrogen (secondary N) is 1. The molecular weight excluding hydrogens is 442 g/mol. The van der Waals surface area contributed by atoms with Gasteiger partial charge in [-0.3, -0.25) is 10.1 Å². The van der Waals surface area contributed by atoms with Crippen LogP contribution in [0.4, 0.5) is 0 Å². The number of hydrazone groups is 1. The molecule has 0 bridgehead atoms. The molecule has 3 aromatic carbocycles. The van der Waals surface area contributed by atoms with Gasteiger partial charge in [0, 0.05) is 17.0 Å². The SMILES string of the molecule is O=C1N[C@@]2(Oc3ccccc3[C@@H]3CC(c4ccccc4)=NN32)S/C1=C\c1ccccc1Cl. The van der Waals surface area contributed by atoms with Gasteiger partial charge in [-0.2, -0.15) is 5.10 Å². The molecule has 1 amide bonds. The Bertz CT molecular complexity index is 1290. The van der Waals surface area contributed by atoms with Crippen LogP contribution in [0.3, 0.4) is 0 Å². The zero-order valence-corrected chi connectivity index (χ0v) is 18.4. The van der Waals surface area contributed by atoms with E-state index >= 15 is 0 Å². The first-order valence-electron chi connectivity index (χ1n) is 10.3. The third kappa shape index (κ3) is 3.10. The smallest absolute Gasteiger partial charge is 0.336 e. The molecule has 0 saturated carbocycles. The van der Waals surface area contributed by atoms with Gasteiger partial charge in [-0.25, -0.2) is 5.01 Å². The number of para-hydroxylation sites is 1. The molecule has 0 aromatic heterocycles. The summed E-state index contributed by atoms with van der Waals surface area (Å²) >= 11 is 7.64. The predicted molar refractivity (Wildman–Crippen MR) is 127 cm³/mol. The highest BCUT2D eigenvalue weighted by Gasteiger charge is 2.57. The summed E-state index contributed by atoms with van der Waals surface area (Å²) in [7, 11) is 0. The van der Waals surface area contributed by atoms with Crippen LogP contribution in [-0.4, -0.2) is 21.8 Å². The minimum absolute atomic E-state index is 0.0392. The van der Waals surface area contributed by atoms with Crippen LogP contribution in [-0.2, 0) is 4.79 Å². The van der Waals surface area contributed by atoms with Gasteiger partial charge in [0.1, 0.15) is 5.75 Å². The maximum absolute atomic E-state index is 13.0. The highest BCUT2D eigenvalue weighted by molar-refractivity contribution is 8.05. The zero-order valence-electron chi connectivity index (χ0n) is 16.9. The predicted octanol–water partition coefficient (Wildman–Crippen LogP) is 5.40. The van der Waals surface area contributed by atoms with Gasteiger partial charge in [0.2, 0.25) is 0 Å². The summed E-state index contributed by atoms with van der Waals surface area (Å²) in [6.45, 7) is 0. The molecule has 1 saturated heterocycles. The molecule has 3 aliphatic rings. The van der Waals surface area contributed by atoms with Crippen molar-refractivity contribution in [2.45, 2.75) is 17.6 Å². The summed E-state index contributed by atoms with van der Waals surface area (Å²) < 4.78 is 6.42. The van der Waals surface area contributed by atoms with E-state index in [1.54, 1.807) is 6.08 Å². The number of thioether (sulfide) groups is 1. The van der Waals surface area contributed by atoms with Crippen molar-refractivity contribution < 1.29 is 9.53 Å². The highest BCUT2D eigenvalue weighted by Crippen LogP contribution is 2.53. The Morgan fingerprint density at radius 3 is 2.66 bits per heavy atom. The third-order valence-corrected chi connectivity index (χ3v) is 7.30.